The van der Waals surface area contributed by atoms with E-state index in [4.69, 9.17) is 0 Å². The van der Waals surface area contributed by atoms with Crippen LogP contribution in [0.1, 0.15) is 20.3 Å². The molecule has 7 heteroatoms. The SMILES string of the molecule is CC(C)CNC(=O)CCNc1ccc([N+](=O)[O-])cc1I. The summed E-state index contributed by atoms with van der Waals surface area (Å²) in [6.07, 6.45) is 0.375. The lowest BCUT2D eigenvalue weighted by molar-refractivity contribution is -0.384. The fourth-order valence-corrected chi connectivity index (χ4v) is 2.17. The minimum atomic E-state index is -0.425. The summed E-state index contributed by atoms with van der Waals surface area (Å²) >= 11 is 2.03. The summed E-state index contributed by atoms with van der Waals surface area (Å²) in [6, 6.07) is 4.61. The molecule has 0 aromatic heterocycles. The van der Waals surface area contributed by atoms with Crippen LogP contribution in [0.25, 0.3) is 0 Å². The number of anilines is 1. The molecular formula is C13H18IN3O3. The molecule has 0 aliphatic carbocycles. The maximum Gasteiger partial charge on any atom is 0.270 e. The van der Waals surface area contributed by atoms with E-state index in [2.05, 4.69) is 10.6 Å². The van der Waals surface area contributed by atoms with Crippen molar-refractivity contribution in [3.63, 3.8) is 0 Å². The van der Waals surface area contributed by atoms with Crippen LogP contribution >= 0.6 is 22.6 Å². The molecule has 6 nitrogen and oxygen atoms in total. The summed E-state index contributed by atoms with van der Waals surface area (Å²) < 4.78 is 0.763. The van der Waals surface area contributed by atoms with Crippen LogP contribution in [-0.4, -0.2) is 23.9 Å². The van der Waals surface area contributed by atoms with Gasteiger partial charge in [-0.25, -0.2) is 0 Å². The van der Waals surface area contributed by atoms with Crippen LogP contribution in [0.15, 0.2) is 18.2 Å². The molecule has 0 bridgehead atoms. The van der Waals surface area contributed by atoms with Gasteiger partial charge in [-0.15, -0.1) is 0 Å². The van der Waals surface area contributed by atoms with E-state index < -0.39 is 4.92 Å². The number of nitro benzene ring substituents is 1. The van der Waals surface area contributed by atoms with Gasteiger partial charge in [-0.2, -0.15) is 0 Å². The number of non-ortho nitro benzene ring substituents is 1. The number of carbonyl (C=O) groups is 1. The summed E-state index contributed by atoms with van der Waals surface area (Å²) in [6.45, 7) is 5.25. The summed E-state index contributed by atoms with van der Waals surface area (Å²) in [5.74, 6) is 0.436. The maximum absolute atomic E-state index is 11.5. The van der Waals surface area contributed by atoms with Gasteiger partial charge >= 0.3 is 0 Å². The van der Waals surface area contributed by atoms with Gasteiger partial charge in [0.25, 0.3) is 5.69 Å². The lowest BCUT2D eigenvalue weighted by atomic mass is 10.2. The zero-order valence-electron chi connectivity index (χ0n) is 11.5. The highest BCUT2D eigenvalue weighted by molar-refractivity contribution is 14.1. The predicted octanol–water partition coefficient (Wildman–Crippen LogP) is 2.77. The average Bonchev–Trinajstić information content (AvgIpc) is 2.38. The number of benzene rings is 1. The molecule has 0 fully saturated rings. The zero-order valence-corrected chi connectivity index (χ0v) is 13.6. The molecule has 0 saturated carbocycles. The Kier molecular flexibility index (Phi) is 6.69. The highest BCUT2D eigenvalue weighted by atomic mass is 127. The van der Waals surface area contributed by atoms with Gasteiger partial charge in [0.1, 0.15) is 0 Å². The first-order valence-corrected chi connectivity index (χ1v) is 7.42. The predicted molar refractivity (Wildman–Crippen MR) is 86.8 cm³/mol. The van der Waals surface area contributed by atoms with Crippen molar-refractivity contribution >= 4 is 39.9 Å². The van der Waals surface area contributed by atoms with Gasteiger partial charge in [-0.1, -0.05) is 13.8 Å². The van der Waals surface area contributed by atoms with E-state index in [-0.39, 0.29) is 11.6 Å². The Labute approximate surface area is 131 Å². The lowest BCUT2D eigenvalue weighted by Gasteiger charge is -2.10. The van der Waals surface area contributed by atoms with Gasteiger partial charge in [-0.3, -0.25) is 14.9 Å². The van der Waals surface area contributed by atoms with Crippen molar-refractivity contribution in [3.05, 3.63) is 31.9 Å². The third-order valence-corrected chi connectivity index (χ3v) is 3.43. The van der Waals surface area contributed by atoms with Crippen LogP contribution in [0.2, 0.25) is 0 Å². The number of halogens is 1. The van der Waals surface area contributed by atoms with Crippen LogP contribution in [0.4, 0.5) is 11.4 Å². The molecule has 1 aromatic carbocycles. The van der Waals surface area contributed by atoms with Crippen molar-refractivity contribution in [2.24, 2.45) is 5.92 Å². The molecule has 0 aliphatic heterocycles. The minimum Gasteiger partial charge on any atom is -0.384 e. The normalized spacial score (nSPS) is 10.4. The van der Waals surface area contributed by atoms with Gasteiger partial charge in [-0.05, 0) is 34.6 Å². The third kappa shape index (κ3) is 5.72. The van der Waals surface area contributed by atoms with Crippen molar-refractivity contribution in [1.82, 2.24) is 5.32 Å². The summed E-state index contributed by atoms with van der Waals surface area (Å²) in [7, 11) is 0. The number of hydrogen-bond donors (Lipinski definition) is 2. The molecule has 1 amide bonds. The smallest absolute Gasteiger partial charge is 0.270 e. The van der Waals surface area contributed by atoms with Crippen LogP contribution in [0.5, 0.6) is 0 Å². The summed E-state index contributed by atoms with van der Waals surface area (Å²) in [5, 5.41) is 16.6. The highest BCUT2D eigenvalue weighted by Crippen LogP contribution is 2.23. The lowest BCUT2D eigenvalue weighted by Crippen LogP contribution is -2.28. The first kappa shape index (κ1) is 16.7. The monoisotopic (exact) mass is 391 g/mol. The number of amides is 1. The van der Waals surface area contributed by atoms with E-state index in [1.165, 1.54) is 12.1 Å². The molecular weight excluding hydrogens is 373 g/mol. The van der Waals surface area contributed by atoms with Crippen molar-refractivity contribution in [2.45, 2.75) is 20.3 Å². The molecule has 0 radical (unpaired) electrons. The number of rotatable bonds is 7. The average molecular weight is 391 g/mol. The van der Waals surface area contributed by atoms with Crippen LogP contribution < -0.4 is 10.6 Å². The number of carbonyl (C=O) groups excluding carboxylic acids is 1. The quantitative estimate of drug-likeness (QED) is 0.425. The minimum absolute atomic E-state index is 0.00289. The Hall–Kier alpha value is -1.38. The molecule has 20 heavy (non-hydrogen) atoms. The standard InChI is InChI=1S/C13H18IN3O3/c1-9(2)8-16-13(18)5-6-15-12-4-3-10(17(19)20)7-11(12)14/h3-4,7,9,15H,5-6,8H2,1-2H3,(H,16,18). The van der Waals surface area contributed by atoms with Gasteiger partial charge in [0.05, 0.1) is 4.92 Å². The zero-order chi connectivity index (χ0) is 15.1. The summed E-state index contributed by atoms with van der Waals surface area (Å²) in [4.78, 5) is 21.7. The molecule has 1 rings (SSSR count). The van der Waals surface area contributed by atoms with Crippen LogP contribution in [0, 0.1) is 19.6 Å². The number of nitrogens with one attached hydrogen (secondary N) is 2. The molecule has 0 atom stereocenters. The molecule has 0 saturated heterocycles. The Morgan fingerprint density at radius 3 is 2.70 bits per heavy atom. The number of nitro groups is 1. The van der Waals surface area contributed by atoms with Crippen LogP contribution in [0.3, 0.4) is 0 Å². The second-order valence-electron chi connectivity index (χ2n) is 4.80. The molecule has 1 aromatic rings. The maximum atomic E-state index is 11.5. The van der Waals surface area contributed by atoms with Crippen molar-refractivity contribution < 1.29 is 9.72 Å². The van der Waals surface area contributed by atoms with E-state index >= 15 is 0 Å². The Balaban J connectivity index is 2.42. The first-order valence-electron chi connectivity index (χ1n) is 6.34. The van der Waals surface area contributed by atoms with Gasteiger partial charge in [0.15, 0.2) is 0 Å². The van der Waals surface area contributed by atoms with E-state index in [1.807, 2.05) is 36.4 Å². The topological polar surface area (TPSA) is 84.3 Å². The highest BCUT2D eigenvalue weighted by Gasteiger charge is 2.09. The molecule has 110 valence electrons. The fourth-order valence-electron chi connectivity index (χ4n) is 1.48. The van der Waals surface area contributed by atoms with E-state index in [1.54, 1.807) is 6.07 Å². The van der Waals surface area contributed by atoms with Gasteiger partial charge < -0.3 is 10.6 Å². The second kappa shape index (κ2) is 8.03. The Bertz CT molecular complexity index is 492. The fraction of sp³-hybridized carbons (Fsp3) is 0.462. The first-order chi connectivity index (χ1) is 9.40. The molecule has 0 spiro atoms. The van der Waals surface area contributed by atoms with E-state index in [0.717, 1.165) is 9.26 Å². The van der Waals surface area contributed by atoms with Crippen molar-refractivity contribution in [3.8, 4) is 0 Å². The second-order valence-corrected chi connectivity index (χ2v) is 5.96. The number of hydrogen-bond acceptors (Lipinski definition) is 4. The van der Waals surface area contributed by atoms with E-state index in [0.29, 0.717) is 25.4 Å². The van der Waals surface area contributed by atoms with Crippen molar-refractivity contribution in [2.75, 3.05) is 18.4 Å². The van der Waals surface area contributed by atoms with Gasteiger partial charge in [0.2, 0.25) is 5.91 Å². The largest absolute Gasteiger partial charge is 0.384 e. The van der Waals surface area contributed by atoms with E-state index in [9.17, 15) is 14.9 Å². The Morgan fingerprint density at radius 2 is 2.15 bits per heavy atom. The molecule has 0 heterocycles. The third-order valence-electron chi connectivity index (χ3n) is 2.54. The molecule has 0 aliphatic rings. The summed E-state index contributed by atoms with van der Waals surface area (Å²) in [5.41, 5.74) is 0.863. The van der Waals surface area contributed by atoms with Gasteiger partial charge in [0, 0.05) is 40.9 Å². The van der Waals surface area contributed by atoms with Crippen molar-refractivity contribution in [1.29, 1.82) is 0 Å². The molecule has 2 N–H and O–H groups in total. The molecule has 0 unspecified atom stereocenters. The Morgan fingerprint density at radius 1 is 1.45 bits per heavy atom. The van der Waals surface area contributed by atoms with Crippen LogP contribution in [-0.2, 0) is 4.79 Å². The number of nitrogens with zero attached hydrogens (tertiary/aromatic N) is 1.